The van der Waals surface area contributed by atoms with Crippen LogP contribution < -0.4 is 10.5 Å². The number of alkyl halides is 3. The zero-order valence-corrected chi connectivity index (χ0v) is 8.87. The quantitative estimate of drug-likeness (QED) is 0.847. The summed E-state index contributed by atoms with van der Waals surface area (Å²) in [5.41, 5.74) is 5.61. The van der Waals surface area contributed by atoms with E-state index >= 15 is 0 Å². The topological polar surface area (TPSA) is 35.2 Å². The van der Waals surface area contributed by atoms with Gasteiger partial charge in [0.1, 0.15) is 11.6 Å². The van der Waals surface area contributed by atoms with E-state index in [9.17, 15) is 17.6 Å². The molecule has 1 aromatic rings. The fraction of sp³-hybridized carbons (Fsp3) is 0.333. The molecule has 16 heavy (non-hydrogen) atoms. The molecule has 92 valence electrons. The van der Waals surface area contributed by atoms with Crippen LogP contribution in [-0.4, -0.2) is 12.8 Å². The van der Waals surface area contributed by atoms with Gasteiger partial charge >= 0.3 is 6.18 Å². The average Bonchev–Trinajstić information content (AvgIpc) is 2.13. The van der Waals surface area contributed by atoms with Crippen molar-refractivity contribution in [1.29, 1.82) is 0 Å². The van der Waals surface area contributed by atoms with Crippen molar-refractivity contribution in [2.45, 2.75) is 12.7 Å². The maximum atomic E-state index is 12.8. The zero-order chi connectivity index (χ0) is 11.5. The summed E-state index contributed by atoms with van der Waals surface area (Å²) in [5, 5.41) is 0. The van der Waals surface area contributed by atoms with Crippen molar-refractivity contribution in [3.63, 3.8) is 0 Å². The minimum Gasteiger partial charge on any atom is -0.484 e. The molecule has 2 N–H and O–H groups in total. The van der Waals surface area contributed by atoms with Gasteiger partial charge in [-0.25, -0.2) is 4.39 Å². The van der Waals surface area contributed by atoms with Crippen LogP contribution in [0.5, 0.6) is 5.75 Å². The molecular weight excluding hydrogens is 250 g/mol. The minimum absolute atomic E-state index is 0. The Morgan fingerprint density at radius 2 is 1.81 bits per heavy atom. The van der Waals surface area contributed by atoms with Gasteiger partial charge in [-0.2, -0.15) is 13.2 Å². The van der Waals surface area contributed by atoms with Gasteiger partial charge in [0.15, 0.2) is 6.61 Å². The first-order valence-electron chi connectivity index (χ1n) is 4.10. The van der Waals surface area contributed by atoms with Gasteiger partial charge in [-0.15, -0.1) is 12.4 Å². The Bertz CT molecular complexity index is 343. The van der Waals surface area contributed by atoms with Gasteiger partial charge in [0.25, 0.3) is 0 Å². The number of hydrogen-bond acceptors (Lipinski definition) is 2. The summed E-state index contributed by atoms with van der Waals surface area (Å²) in [6.45, 7) is -1.40. The van der Waals surface area contributed by atoms with Crippen LogP contribution in [0, 0.1) is 5.82 Å². The Labute approximate surface area is 95.8 Å². The molecule has 0 bridgehead atoms. The van der Waals surface area contributed by atoms with Gasteiger partial charge < -0.3 is 10.5 Å². The van der Waals surface area contributed by atoms with Gasteiger partial charge in [0.2, 0.25) is 0 Å². The maximum absolute atomic E-state index is 12.8. The maximum Gasteiger partial charge on any atom is 0.422 e. The van der Waals surface area contributed by atoms with Crippen LogP contribution in [0.15, 0.2) is 18.2 Å². The summed E-state index contributed by atoms with van der Waals surface area (Å²) in [6, 6.07) is 3.29. The third-order valence-corrected chi connectivity index (χ3v) is 1.57. The highest BCUT2D eigenvalue weighted by Crippen LogP contribution is 2.20. The third kappa shape index (κ3) is 5.18. The molecule has 1 rings (SSSR count). The van der Waals surface area contributed by atoms with E-state index in [4.69, 9.17) is 5.73 Å². The SMILES string of the molecule is Cl.NCc1cc(F)cc(OCC(F)(F)F)c1. The normalized spacial score (nSPS) is 10.8. The molecule has 0 amide bonds. The highest BCUT2D eigenvalue weighted by molar-refractivity contribution is 5.85. The summed E-state index contributed by atoms with van der Waals surface area (Å²) in [4.78, 5) is 0. The lowest BCUT2D eigenvalue weighted by Gasteiger charge is -2.10. The van der Waals surface area contributed by atoms with E-state index in [-0.39, 0.29) is 24.7 Å². The second-order valence-corrected chi connectivity index (χ2v) is 2.90. The van der Waals surface area contributed by atoms with Crippen molar-refractivity contribution < 1.29 is 22.3 Å². The van der Waals surface area contributed by atoms with Gasteiger partial charge in [0, 0.05) is 12.6 Å². The van der Waals surface area contributed by atoms with E-state index < -0.39 is 18.6 Å². The molecule has 0 aliphatic heterocycles. The molecule has 0 aliphatic carbocycles. The zero-order valence-electron chi connectivity index (χ0n) is 8.05. The highest BCUT2D eigenvalue weighted by atomic mass is 35.5. The lowest BCUT2D eigenvalue weighted by molar-refractivity contribution is -0.153. The highest BCUT2D eigenvalue weighted by Gasteiger charge is 2.28. The van der Waals surface area contributed by atoms with E-state index in [2.05, 4.69) is 4.74 Å². The standard InChI is InChI=1S/C9H9F4NO.ClH/c10-7-1-6(4-14)2-8(3-7)15-5-9(11,12)13;/h1-3H,4-5,14H2;1H. The van der Waals surface area contributed by atoms with Crippen LogP contribution in [0.25, 0.3) is 0 Å². The Balaban J connectivity index is 0.00000225. The molecule has 7 heteroatoms. The molecule has 0 saturated carbocycles. The Morgan fingerprint density at radius 1 is 1.19 bits per heavy atom. The van der Waals surface area contributed by atoms with Crippen molar-refractivity contribution in [2.24, 2.45) is 5.73 Å². The molecule has 0 saturated heterocycles. The molecule has 0 spiro atoms. The van der Waals surface area contributed by atoms with Crippen molar-refractivity contribution in [1.82, 2.24) is 0 Å². The minimum atomic E-state index is -4.44. The molecular formula is C9H10ClF4NO. The average molecular weight is 260 g/mol. The van der Waals surface area contributed by atoms with Crippen LogP contribution in [-0.2, 0) is 6.54 Å². The van der Waals surface area contributed by atoms with Crippen molar-refractivity contribution >= 4 is 12.4 Å². The largest absolute Gasteiger partial charge is 0.484 e. The Morgan fingerprint density at radius 3 is 2.31 bits per heavy atom. The lowest BCUT2D eigenvalue weighted by Crippen LogP contribution is -2.19. The van der Waals surface area contributed by atoms with Crippen LogP contribution in [0.3, 0.4) is 0 Å². The summed E-state index contributed by atoms with van der Waals surface area (Å²) < 4.78 is 52.5. The van der Waals surface area contributed by atoms with E-state index in [1.165, 1.54) is 6.07 Å². The van der Waals surface area contributed by atoms with E-state index in [0.29, 0.717) is 5.56 Å². The monoisotopic (exact) mass is 259 g/mol. The smallest absolute Gasteiger partial charge is 0.422 e. The van der Waals surface area contributed by atoms with Crippen molar-refractivity contribution in [2.75, 3.05) is 6.61 Å². The number of benzene rings is 1. The van der Waals surface area contributed by atoms with Gasteiger partial charge in [-0.1, -0.05) is 0 Å². The number of nitrogens with two attached hydrogens (primary N) is 1. The second-order valence-electron chi connectivity index (χ2n) is 2.90. The fourth-order valence-electron chi connectivity index (χ4n) is 0.987. The van der Waals surface area contributed by atoms with Crippen LogP contribution in [0.1, 0.15) is 5.56 Å². The predicted octanol–water partition coefficient (Wildman–Crippen LogP) is 2.65. The summed E-state index contributed by atoms with van der Waals surface area (Å²) in [5.74, 6) is -0.845. The van der Waals surface area contributed by atoms with Gasteiger partial charge in [-0.3, -0.25) is 0 Å². The van der Waals surface area contributed by atoms with E-state index in [1.807, 2.05) is 0 Å². The molecule has 2 nitrogen and oxygen atoms in total. The number of hydrogen-bond donors (Lipinski definition) is 1. The number of rotatable bonds is 3. The molecule has 0 heterocycles. The molecule has 0 fully saturated rings. The van der Waals surface area contributed by atoms with Crippen molar-refractivity contribution in [3.8, 4) is 5.75 Å². The summed E-state index contributed by atoms with van der Waals surface area (Å²) >= 11 is 0. The van der Waals surface area contributed by atoms with Crippen molar-refractivity contribution in [3.05, 3.63) is 29.6 Å². The van der Waals surface area contributed by atoms with Gasteiger partial charge in [0.05, 0.1) is 0 Å². The van der Waals surface area contributed by atoms with Crippen LogP contribution >= 0.6 is 12.4 Å². The van der Waals surface area contributed by atoms with Crippen LogP contribution in [0.4, 0.5) is 17.6 Å². The fourth-order valence-corrected chi connectivity index (χ4v) is 0.987. The van der Waals surface area contributed by atoms with E-state index in [1.54, 1.807) is 0 Å². The Kier molecular flexibility index (Phi) is 5.53. The summed E-state index contributed by atoms with van der Waals surface area (Å²) in [7, 11) is 0. The first-order valence-corrected chi connectivity index (χ1v) is 4.10. The Hall–Kier alpha value is -1.01. The molecule has 0 aliphatic rings. The number of halogens is 5. The predicted molar refractivity (Wildman–Crippen MR) is 53.1 cm³/mol. The first-order chi connectivity index (χ1) is 6.90. The first kappa shape index (κ1) is 15.0. The molecule has 0 aromatic heterocycles. The molecule has 0 unspecified atom stereocenters. The molecule has 0 atom stereocenters. The molecule has 0 radical (unpaired) electrons. The summed E-state index contributed by atoms with van der Waals surface area (Å²) in [6.07, 6.45) is -4.44. The lowest BCUT2D eigenvalue weighted by atomic mass is 10.2. The van der Waals surface area contributed by atoms with Crippen LogP contribution in [0.2, 0.25) is 0 Å². The van der Waals surface area contributed by atoms with E-state index in [0.717, 1.165) is 12.1 Å². The second kappa shape index (κ2) is 5.91. The third-order valence-electron chi connectivity index (χ3n) is 1.57. The van der Waals surface area contributed by atoms with Gasteiger partial charge in [-0.05, 0) is 17.7 Å². The number of ether oxygens (including phenoxy) is 1. The molecule has 1 aromatic carbocycles.